The van der Waals surface area contributed by atoms with E-state index in [4.69, 9.17) is 15.9 Å². The van der Waals surface area contributed by atoms with Crippen molar-refractivity contribution < 1.29 is 24.5 Å². The molecule has 0 rings (SSSR count). The van der Waals surface area contributed by atoms with Crippen LogP contribution in [0.3, 0.4) is 0 Å². The summed E-state index contributed by atoms with van der Waals surface area (Å²) in [5.41, 5.74) is 3.19. The Morgan fingerprint density at radius 1 is 1.19 bits per heavy atom. The van der Waals surface area contributed by atoms with Crippen LogP contribution in [0.1, 0.15) is 41.0 Å². The zero-order valence-electron chi connectivity index (χ0n) is 10.4. The highest BCUT2D eigenvalue weighted by Crippen LogP contribution is 2.05. The van der Waals surface area contributed by atoms with Crippen molar-refractivity contribution in [2.45, 2.75) is 52.2 Å². The fourth-order valence-electron chi connectivity index (χ4n) is 0.672. The fourth-order valence-corrected chi connectivity index (χ4v) is 0.672. The molecule has 0 aliphatic heterocycles. The summed E-state index contributed by atoms with van der Waals surface area (Å²) in [7, 11) is 0. The van der Waals surface area contributed by atoms with Gasteiger partial charge in [0.2, 0.25) is 0 Å². The number of carboxylic acid groups (broad SMARTS) is 1. The van der Waals surface area contributed by atoms with Gasteiger partial charge >= 0.3 is 12.1 Å². The largest absolute Gasteiger partial charge is 0.481 e. The number of carbonyl (C=O) groups is 2. The van der Waals surface area contributed by atoms with Crippen molar-refractivity contribution in [3.63, 3.8) is 0 Å². The molecule has 0 spiro atoms. The van der Waals surface area contributed by atoms with Gasteiger partial charge in [0.1, 0.15) is 5.60 Å². The van der Waals surface area contributed by atoms with Crippen molar-refractivity contribution in [2.24, 2.45) is 5.73 Å². The smallest absolute Gasteiger partial charge is 0.405 e. The lowest BCUT2D eigenvalue weighted by atomic mass is 10.1. The standard InChI is InChI=1S/C5H11NO2.C5H10O3/c1-5(2,3)8-4(6)7;1-5(2,8)3-4(6)7/h1-3H3,(H2,6,7);8H,3H2,1-2H3,(H,6,7). The lowest BCUT2D eigenvalue weighted by Crippen LogP contribution is -2.27. The molecule has 96 valence electrons. The van der Waals surface area contributed by atoms with Gasteiger partial charge in [-0.1, -0.05) is 0 Å². The number of nitrogens with two attached hydrogens (primary N) is 1. The molecule has 0 fully saturated rings. The van der Waals surface area contributed by atoms with Crippen molar-refractivity contribution in [1.82, 2.24) is 0 Å². The topological polar surface area (TPSA) is 110 Å². The van der Waals surface area contributed by atoms with E-state index in [9.17, 15) is 9.59 Å². The lowest BCUT2D eigenvalue weighted by Gasteiger charge is -2.16. The monoisotopic (exact) mass is 235 g/mol. The van der Waals surface area contributed by atoms with Crippen LogP contribution >= 0.6 is 0 Å². The average molecular weight is 235 g/mol. The summed E-state index contributed by atoms with van der Waals surface area (Å²) in [6.07, 6.45) is -0.926. The van der Waals surface area contributed by atoms with E-state index in [1.165, 1.54) is 13.8 Å². The third kappa shape index (κ3) is 23.0. The normalized spacial score (nSPS) is 11.1. The van der Waals surface area contributed by atoms with E-state index < -0.39 is 23.3 Å². The maximum atomic E-state index is 10.0. The number of amides is 1. The first-order valence-corrected chi connectivity index (χ1v) is 4.76. The van der Waals surface area contributed by atoms with E-state index in [0.717, 1.165) is 0 Å². The van der Waals surface area contributed by atoms with E-state index in [2.05, 4.69) is 4.74 Å². The van der Waals surface area contributed by atoms with Crippen LogP contribution in [0.15, 0.2) is 0 Å². The molecule has 0 atom stereocenters. The molecular weight excluding hydrogens is 214 g/mol. The molecule has 0 saturated carbocycles. The third-order valence-corrected chi connectivity index (χ3v) is 0.991. The number of rotatable bonds is 2. The molecular formula is C10H21NO5. The number of carbonyl (C=O) groups excluding carboxylic acids is 1. The Morgan fingerprint density at radius 2 is 1.56 bits per heavy atom. The Morgan fingerprint density at radius 3 is 1.56 bits per heavy atom. The first-order chi connectivity index (χ1) is 6.83. The van der Waals surface area contributed by atoms with Crippen molar-refractivity contribution in [3.05, 3.63) is 0 Å². The molecule has 0 radical (unpaired) electrons. The van der Waals surface area contributed by atoms with Gasteiger partial charge < -0.3 is 20.7 Å². The number of aliphatic hydroxyl groups is 1. The molecule has 4 N–H and O–H groups in total. The van der Waals surface area contributed by atoms with E-state index in [1.54, 1.807) is 20.8 Å². The number of ether oxygens (including phenoxy) is 1. The van der Waals surface area contributed by atoms with Crippen LogP contribution in [0.4, 0.5) is 4.79 Å². The van der Waals surface area contributed by atoms with Crippen LogP contribution in [-0.4, -0.2) is 33.5 Å². The quantitative estimate of drug-likeness (QED) is 0.664. The number of aliphatic carboxylic acids is 1. The van der Waals surface area contributed by atoms with E-state index in [-0.39, 0.29) is 6.42 Å². The first kappa shape index (κ1) is 17.1. The minimum atomic E-state index is -1.08. The number of hydrogen-bond donors (Lipinski definition) is 3. The molecule has 0 aromatic heterocycles. The average Bonchev–Trinajstić information content (AvgIpc) is 1.72. The third-order valence-electron chi connectivity index (χ3n) is 0.991. The van der Waals surface area contributed by atoms with Crippen LogP contribution in [0.2, 0.25) is 0 Å². The van der Waals surface area contributed by atoms with Gasteiger partial charge in [-0.05, 0) is 34.6 Å². The van der Waals surface area contributed by atoms with Gasteiger partial charge in [0.05, 0.1) is 12.0 Å². The Kier molecular flexibility index (Phi) is 6.76. The van der Waals surface area contributed by atoms with Crippen LogP contribution in [-0.2, 0) is 9.53 Å². The van der Waals surface area contributed by atoms with Crippen LogP contribution in [0.5, 0.6) is 0 Å². The van der Waals surface area contributed by atoms with Gasteiger partial charge in [-0.15, -0.1) is 0 Å². The zero-order valence-corrected chi connectivity index (χ0v) is 10.4. The summed E-state index contributed by atoms with van der Waals surface area (Å²) in [5, 5.41) is 16.9. The van der Waals surface area contributed by atoms with Crippen LogP contribution in [0, 0.1) is 0 Å². The minimum Gasteiger partial charge on any atom is -0.481 e. The molecule has 0 unspecified atom stereocenters. The maximum Gasteiger partial charge on any atom is 0.405 e. The van der Waals surface area contributed by atoms with Gasteiger partial charge in [-0.2, -0.15) is 0 Å². The van der Waals surface area contributed by atoms with Crippen molar-refractivity contribution in [2.75, 3.05) is 0 Å². The van der Waals surface area contributed by atoms with Gasteiger partial charge in [-0.3, -0.25) is 4.79 Å². The molecule has 6 nitrogen and oxygen atoms in total. The molecule has 0 heterocycles. The van der Waals surface area contributed by atoms with Crippen LogP contribution < -0.4 is 5.73 Å². The van der Waals surface area contributed by atoms with Crippen molar-refractivity contribution in [1.29, 1.82) is 0 Å². The maximum absolute atomic E-state index is 10.0. The minimum absolute atomic E-state index is 0.201. The highest BCUT2D eigenvalue weighted by Gasteiger charge is 2.16. The van der Waals surface area contributed by atoms with Gasteiger partial charge in [0.15, 0.2) is 0 Å². The number of primary amides is 1. The Bertz CT molecular complexity index is 211. The van der Waals surface area contributed by atoms with Crippen molar-refractivity contribution in [3.8, 4) is 0 Å². The summed E-state index contributed by atoms with van der Waals surface area (Å²) >= 11 is 0. The lowest BCUT2D eigenvalue weighted by molar-refractivity contribution is -0.141. The van der Waals surface area contributed by atoms with E-state index >= 15 is 0 Å². The summed E-state index contributed by atoms with van der Waals surface area (Å²) < 4.78 is 4.58. The number of carboxylic acids is 1. The highest BCUT2D eigenvalue weighted by atomic mass is 16.6. The fraction of sp³-hybridized carbons (Fsp3) is 0.800. The molecule has 6 heteroatoms. The summed E-state index contributed by atoms with van der Waals surface area (Å²) in [6, 6.07) is 0. The van der Waals surface area contributed by atoms with Crippen LogP contribution in [0.25, 0.3) is 0 Å². The molecule has 0 bridgehead atoms. The summed E-state index contributed by atoms with van der Waals surface area (Å²) in [4.78, 5) is 19.9. The predicted octanol–water partition coefficient (Wildman–Crippen LogP) is 1.11. The van der Waals surface area contributed by atoms with E-state index in [1.807, 2.05) is 0 Å². The Balaban J connectivity index is 0. The molecule has 16 heavy (non-hydrogen) atoms. The predicted molar refractivity (Wildman–Crippen MR) is 59.0 cm³/mol. The van der Waals surface area contributed by atoms with Gasteiger partial charge in [0, 0.05) is 0 Å². The van der Waals surface area contributed by atoms with Gasteiger partial charge in [-0.25, -0.2) is 4.79 Å². The second kappa shape index (κ2) is 6.32. The first-order valence-electron chi connectivity index (χ1n) is 4.76. The van der Waals surface area contributed by atoms with E-state index in [0.29, 0.717) is 0 Å². The molecule has 1 amide bonds. The van der Waals surface area contributed by atoms with Gasteiger partial charge in [0.25, 0.3) is 0 Å². The molecule has 0 aliphatic rings. The second-order valence-corrected chi connectivity index (χ2v) is 4.92. The second-order valence-electron chi connectivity index (χ2n) is 4.92. The summed E-state index contributed by atoms with van der Waals surface area (Å²) in [5.74, 6) is -0.975. The number of hydrogen-bond acceptors (Lipinski definition) is 4. The molecule has 0 aliphatic carbocycles. The summed E-state index contributed by atoms with van der Waals surface area (Å²) in [6.45, 7) is 8.20. The highest BCUT2D eigenvalue weighted by molar-refractivity contribution is 5.67. The molecule has 0 aromatic carbocycles. The Labute approximate surface area is 95.4 Å². The van der Waals surface area contributed by atoms with Crippen molar-refractivity contribution >= 4 is 12.1 Å². The zero-order chi connectivity index (χ0) is 13.6. The SMILES string of the molecule is CC(C)(C)OC(N)=O.CC(C)(O)CC(=O)O. The molecule has 0 saturated heterocycles. The Hall–Kier alpha value is -1.30. The molecule has 0 aromatic rings.